The number of fused-ring (bicyclic) bond motifs is 1. The lowest BCUT2D eigenvalue weighted by Crippen LogP contribution is -2.55. The normalized spacial score (nSPS) is 32.2. The quantitative estimate of drug-likeness (QED) is 0.527. The molecule has 0 aromatic heterocycles. The number of aliphatic hydroxyl groups excluding tert-OH is 1. The number of amides is 2. The molecule has 2 unspecified atom stereocenters. The van der Waals surface area contributed by atoms with Gasteiger partial charge in [0.25, 0.3) is 0 Å². The van der Waals surface area contributed by atoms with E-state index in [4.69, 9.17) is 4.74 Å². The molecule has 7 nitrogen and oxygen atoms in total. The molecule has 1 aromatic rings. The van der Waals surface area contributed by atoms with E-state index in [2.05, 4.69) is 5.32 Å². The second kappa shape index (κ2) is 9.43. The van der Waals surface area contributed by atoms with E-state index in [0.29, 0.717) is 12.8 Å². The number of rotatable bonds is 8. The summed E-state index contributed by atoms with van der Waals surface area (Å²) in [6, 6.07) is 4.62. The molecule has 1 spiro atoms. The first-order valence-corrected chi connectivity index (χ1v) is 13.5. The molecular formula is C27H38N2O5S. The fourth-order valence-corrected chi connectivity index (χ4v) is 8.87. The lowest BCUT2D eigenvalue weighted by molar-refractivity contribution is -0.155. The van der Waals surface area contributed by atoms with Crippen molar-refractivity contribution >= 4 is 35.2 Å². The van der Waals surface area contributed by atoms with Crippen LogP contribution in [-0.2, 0) is 19.1 Å². The van der Waals surface area contributed by atoms with E-state index in [1.165, 1.54) is 0 Å². The topological polar surface area (TPSA) is 95.9 Å². The number of benzene rings is 1. The van der Waals surface area contributed by atoms with Gasteiger partial charge in [-0.15, -0.1) is 11.8 Å². The Morgan fingerprint density at radius 2 is 2.00 bits per heavy atom. The van der Waals surface area contributed by atoms with Crippen molar-refractivity contribution in [2.75, 3.05) is 18.5 Å². The summed E-state index contributed by atoms with van der Waals surface area (Å²) in [5, 5.41) is 13.4. The number of carbonyl (C=O) groups is 3. The molecule has 0 aliphatic carbocycles. The molecule has 1 aromatic carbocycles. The summed E-state index contributed by atoms with van der Waals surface area (Å²) in [5.74, 6) is -1.84. The number of likely N-dealkylation sites (tertiary alicyclic amines) is 1. The van der Waals surface area contributed by atoms with Gasteiger partial charge in [0.2, 0.25) is 11.8 Å². The molecule has 6 atom stereocenters. The maximum Gasteiger partial charge on any atom is 0.311 e. The highest BCUT2D eigenvalue weighted by atomic mass is 32.2. The van der Waals surface area contributed by atoms with E-state index in [9.17, 15) is 19.5 Å². The minimum atomic E-state index is -0.776. The smallest absolute Gasteiger partial charge is 0.311 e. The Hall–Kier alpha value is -2.06. The SMILES string of the molecule is CCOC(=O)[C@@H]1[C@H]2C(=O)N([C@@H](CO)CC(C)C)C(C(=O)Nc3cc(C)ccc3C)C23CC[C@@]1(C)S3. The van der Waals surface area contributed by atoms with Crippen molar-refractivity contribution in [2.24, 2.45) is 17.8 Å². The van der Waals surface area contributed by atoms with Gasteiger partial charge in [0.05, 0.1) is 35.8 Å². The maximum atomic E-state index is 14.1. The Balaban J connectivity index is 1.79. The van der Waals surface area contributed by atoms with Crippen LogP contribution in [0.5, 0.6) is 0 Å². The number of carbonyl (C=O) groups excluding carboxylic acids is 3. The molecule has 0 radical (unpaired) electrons. The van der Waals surface area contributed by atoms with Crippen molar-refractivity contribution in [3.05, 3.63) is 29.3 Å². The summed E-state index contributed by atoms with van der Waals surface area (Å²) in [5.41, 5.74) is 2.69. The molecule has 192 valence electrons. The summed E-state index contributed by atoms with van der Waals surface area (Å²) < 4.78 is 4.25. The van der Waals surface area contributed by atoms with Crippen LogP contribution in [-0.4, -0.2) is 62.6 Å². The largest absolute Gasteiger partial charge is 0.466 e. The number of nitrogens with zero attached hydrogens (tertiary/aromatic N) is 1. The number of aryl methyl sites for hydroxylation is 2. The van der Waals surface area contributed by atoms with Crippen molar-refractivity contribution < 1.29 is 24.2 Å². The minimum Gasteiger partial charge on any atom is -0.466 e. The number of thioether (sulfide) groups is 1. The van der Waals surface area contributed by atoms with Gasteiger partial charge in [0.1, 0.15) is 6.04 Å². The lowest BCUT2D eigenvalue weighted by Gasteiger charge is -2.37. The number of esters is 1. The second-order valence-electron chi connectivity index (χ2n) is 11.0. The summed E-state index contributed by atoms with van der Waals surface area (Å²) in [7, 11) is 0. The Kier molecular flexibility index (Phi) is 7.01. The van der Waals surface area contributed by atoms with Gasteiger partial charge in [-0.2, -0.15) is 0 Å². The second-order valence-corrected chi connectivity index (χ2v) is 12.9. The molecule has 3 saturated heterocycles. The van der Waals surface area contributed by atoms with Crippen molar-refractivity contribution in [1.29, 1.82) is 0 Å². The van der Waals surface area contributed by atoms with Crippen LogP contribution in [0.15, 0.2) is 18.2 Å². The molecule has 8 heteroatoms. The molecule has 2 amide bonds. The average molecular weight is 503 g/mol. The van der Waals surface area contributed by atoms with Gasteiger partial charge in [-0.1, -0.05) is 26.0 Å². The third kappa shape index (κ3) is 4.16. The first-order valence-electron chi connectivity index (χ1n) is 12.7. The third-order valence-electron chi connectivity index (χ3n) is 8.00. The van der Waals surface area contributed by atoms with Gasteiger partial charge < -0.3 is 20.1 Å². The zero-order valence-electron chi connectivity index (χ0n) is 21.6. The van der Waals surface area contributed by atoms with Gasteiger partial charge in [-0.3, -0.25) is 14.4 Å². The van der Waals surface area contributed by atoms with Gasteiger partial charge in [0.15, 0.2) is 0 Å². The molecule has 2 N–H and O–H groups in total. The van der Waals surface area contributed by atoms with E-state index in [1.807, 2.05) is 52.8 Å². The Labute approximate surface area is 212 Å². The first kappa shape index (κ1) is 26.0. The van der Waals surface area contributed by atoms with Crippen LogP contribution in [0.25, 0.3) is 0 Å². The van der Waals surface area contributed by atoms with E-state index in [1.54, 1.807) is 23.6 Å². The monoisotopic (exact) mass is 502 g/mol. The predicted octanol–water partition coefficient (Wildman–Crippen LogP) is 3.69. The number of hydrogen-bond donors (Lipinski definition) is 2. The fraction of sp³-hybridized carbons (Fsp3) is 0.667. The number of ether oxygens (including phenoxy) is 1. The van der Waals surface area contributed by atoms with Crippen LogP contribution < -0.4 is 5.32 Å². The average Bonchev–Trinajstić information content (AvgIpc) is 3.35. The van der Waals surface area contributed by atoms with Gasteiger partial charge >= 0.3 is 5.97 Å². The van der Waals surface area contributed by atoms with Crippen LogP contribution >= 0.6 is 11.8 Å². The zero-order chi connectivity index (χ0) is 25.7. The molecule has 4 rings (SSSR count). The molecule has 0 saturated carbocycles. The minimum absolute atomic E-state index is 0.209. The zero-order valence-corrected chi connectivity index (χ0v) is 22.4. The number of nitrogens with one attached hydrogen (secondary N) is 1. The fourth-order valence-electron chi connectivity index (χ4n) is 6.54. The van der Waals surface area contributed by atoms with E-state index < -0.39 is 33.4 Å². The van der Waals surface area contributed by atoms with E-state index >= 15 is 0 Å². The molecule has 2 bridgehead atoms. The third-order valence-corrected chi connectivity index (χ3v) is 9.99. The van der Waals surface area contributed by atoms with Crippen molar-refractivity contribution in [1.82, 2.24) is 4.90 Å². The van der Waals surface area contributed by atoms with Gasteiger partial charge in [0, 0.05) is 10.4 Å². The lowest BCUT2D eigenvalue weighted by atomic mass is 9.66. The molecule has 3 fully saturated rings. The van der Waals surface area contributed by atoms with E-state index in [-0.39, 0.29) is 36.9 Å². The van der Waals surface area contributed by atoms with Gasteiger partial charge in [-0.05, 0) is 70.1 Å². The van der Waals surface area contributed by atoms with Crippen LogP contribution in [0.2, 0.25) is 0 Å². The van der Waals surface area contributed by atoms with Crippen LogP contribution in [0, 0.1) is 31.6 Å². The molecule has 3 aliphatic heterocycles. The van der Waals surface area contributed by atoms with Gasteiger partial charge in [-0.25, -0.2) is 0 Å². The first-order chi connectivity index (χ1) is 16.5. The summed E-state index contributed by atoms with van der Waals surface area (Å²) in [6.07, 6.45) is 1.98. The number of hydrogen-bond acceptors (Lipinski definition) is 6. The highest BCUT2D eigenvalue weighted by molar-refractivity contribution is 8.02. The van der Waals surface area contributed by atoms with Crippen LogP contribution in [0.1, 0.15) is 58.1 Å². The van der Waals surface area contributed by atoms with Crippen LogP contribution in [0.3, 0.4) is 0 Å². The summed E-state index contributed by atoms with van der Waals surface area (Å²) in [6.45, 7) is 11.8. The molecule has 35 heavy (non-hydrogen) atoms. The van der Waals surface area contributed by atoms with E-state index in [0.717, 1.165) is 23.2 Å². The number of aliphatic hydroxyl groups is 1. The Morgan fingerprint density at radius 3 is 2.63 bits per heavy atom. The Bertz CT molecular complexity index is 1030. The van der Waals surface area contributed by atoms with Crippen molar-refractivity contribution in [2.45, 2.75) is 82.4 Å². The number of anilines is 1. The molecule has 3 aliphatic rings. The summed E-state index contributed by atoms with van der Waals surface area (Å²) >= 11 is 1.62. The highest BCUT2D eigenvalue weighted by Gasteiger charge is 2.78. The Morgan fingerprint density at radius 1 is 1.29 bits per heavy atom. The molecule has 3 heterocycles. The standard InChI is InChI=1S/C27H38N2O5S/c1-7-34-25(33)21-20-24(32)29(18(14-30)12-15(2)3)22(27(20)11-10-26(21,6)35-27)23(31)28-19-13-16(4)8-9-17(19)5/h8-9,13,15,18,20-22,30H,7,10-12,14H2,1-6H3,(H,28,31)/t18-,20+,21+,22?,26-,27?/m1/s1. The van der Waals surface area contributed by atoms with Crippen molar-refractivity contribution in [3.63, 3.8) is 0 Å². The summed E-state index contributed by atoms with van der Waals surface area (Å²) in [4.78, 5) is 42.9. The van der Waals surface area contributed by atoms with Crippen molar-refractivity contribution in [3.8, 4) is 0 Å². The van der Waals surface area contributed by atoms with Crippen LogP contribution in [0.4, 0.5) is 5.69 Å². The predicted molar refractivity (Wildman–Crippen MR) is 137 cm³/mol. The highest BCUT2D eigenvalue weighted by Crippen LogP contribution is 2.71. The maximum absolute atomic E-state index is 14.1. The molecular weight excluding hydrogens is 464 g/mol.